The lowest BCUT2D eigenvalue weighted by Crippen LogP contribution is -2.18. The van der Waals surface area contributed by atoms with Gasteiger partial charge in [-0.25, -0.2) is 8.42 Å². The largest absolute Gasteiger partial charge is 0.469 e. The molecular weight excluding hydrogens is 208 g/mol. The highest BCUT2D eigenvalue weighted by molar-refractivity contribution is 7.91. The van der Waals surface area contributed by atoms with Gasteiger partial charge < -0.3 is 9.84 Å². The maximum absolute atomic E-state index is 11.1. The molecule has 1 fully saturated rings. The average Bonchev–Trinajstić information content (AvgIpc) is 2.35. The van der Waals surface area contributed by atoms with Crippen LogP contribution in [-0.4, -0.2) is 44.2 Å². The molecule has 0 amide bonds. The summed E-state index contributed by atoms with van der Waals surface area (Å²) in [6, 6.07) is 0. The number of carbonyl (C=O) groups excluding carboxylic acids is 1. The van der Waals surface area contributed by atoms with E-state index in [9.17, 15) is 18.3 Å². The lowest BCUT2D eigenvalue weighted by atomic mass is 10.0. The Morgan fingerprint density at radius 2 is 2.14 bits per heavy atom. The summed E-state index contributed by atoms with van der Waals surface area (Å²) in [6.45, 7) is 0. The van der Waals surface area contributed by atoms with Crippen LogP contribution in [0, 0.1) is 5.92 Å². The molecule has 0 bridgehead atoms. The molecule has 1 saturated heterocycles. The number of hydrogen-bond donors (Lipinski definition) is 1. The van der Waals surface area contributed by atoms with Crippen molar-refractivity contribution >= 4 is 15.8 Å². The first kappa shape index (κ1) is 11.5. The molecule has 1 rings (SSSR count). The first-order valence-electron chi connectivity index (χ1n) is 4.40. The molecule has 1 aliphatic rings. The van der Waals surface area contributed by atoms with Crippen LogP contribution < -0.4 is 0 Å². The third kappa shape index (κ3) is 2.95. The van der Waals surface area contributed by atoms with Crippen LogP contribution in [0.25, 0.3) is 0 Å². The van der Waals surface area contributed by atoms with Crippen molar-refractivity contribution in [3.8, 4) is 0 Å². The van der Waals surface area contributed by atoms with Crippen LogP contribution in [0.15, 0.2) is 0 Å². The topological polar surface area (TPSA) is 80.7 Å². The van der Waals surface area contributed by atoms with E-state index in [-0.39, 0.29) is 29.8 Å². The second-order valence-electron chi connectivity index (χ2n) is 3.52. The Labute approximate surface area is 83.0 Å². The fourth-order valence-electron chi connectivity index (χ4n) is 1.58. The summed E-state index contributed by atoms with van der Waals surface area (Å²) < 4.78 is 26.6. The zero-order valence-corrected chi connectivity index (χ0v) is 8.79. The van der Waals surface area contributed by atoms with Gasteiger partial charge in [0.25, 0.3) is 0 Å². The highest BCUT2D eigenvalue weighted by Crippen LogP contribution is 2.23. The van der Waals surface area contributed by atoms with E-state index in [1.54, 1.807) is 0 Å². The number of esters is 1. The Balaban J connectivity index is 2.44. The van der Waals surface area contributed by atoms with Gasteiger partial charge >= 0.3 is 5.97 Å². The van der Waals surface area contributed by atoms with Crippen molar-refractivity contribution in [2.45, 2.75) is 18.9 Å². The van der Waals surface area contributed by atoms with E-state index < -0.39 is 15.9 Å². The summed E-state index contributed by atoms with van der Waals surface area (Å²) in [6.07, 6.45) is -0.300. The number of methoxy groups -OCH3 is 1. The number of rotatable bonds is 3. The Bertz CT molecular complexity index is 308. The molecule has 14 heavy (non-hydrogen) atoms. The summed E-state index contributed by atoms with van der Waals surface area (Å²) in [4.78, 5) is 10.8. The van der Waals surface area contributed by atoms with Crippen molar-refractivity contribution in [2.24, 2.45) is 5.92 Å². The van der Waals surface area contributed by atoms with E-state index in [2.05, 4.69) is 4.74 Å². The van der Waals surface area contributed by atoms with Crippen LogP contribution >= 0.6 is 0 Å². The van der Waals surface area contributed by atoms with Gasteiger partial charge in [-0.05, 0) is 6.42 Å². The van der Waals surface area contributed by atoms with Gasteiger partial charge in [0.05, 0.1) is 24.7 Å². The zero-order valence-electron chi connectivity index (χ0n) is 7.97. The summed E-state index contributed by atoms with van der Waals surface area (Å²) in [5.41, 5.74) is 0. The molecule has 0 saturated carbocycles. The number of aliphatic hydroxyl groups excluding tert-OH is 1. The lowest BCUT2D eigenvalue weighted by molar-refractivity contribution is -0.141. The van der Waals surface area contributed by atoms with Crippen LogP contribution in [0.3, 0.4) is 0 Å². The molecule has 0 spiro atoms. The third-order valence-electron chi connectivity index (χ3n) is 2.38. The van der Waals surface area contributed by atoms with E-state index in [0.29, 0.717) is 6.42 Å². The van der Waals surface area contributed by atoms with E-state index >= 15 is 0 Å². The Morgan fingerprint density at radius 1 is 1.50 bits per heavy atom. The van der Waals surface area contributed by atoms with Crippen molar-refractivity contribution in [2.75, 3.05) is 18.6 Å². The molecular formula is C8H14O5S. The fraction of sp³-hybridized carbons (Fsp3) is 0.875. The molecule has 6 heteroatoms. The Morgan fingerprint density at radius 3 is 2.57 bits per heavy atom. The van der Waals surface area contributed by atoms with Gasteiger partial charge in [-0.1, -0.05) is 0 Å². The van der Waals surface area contributed by atoms with Crippen molar-refractivity contribution in [3.63, 3.8) is 0 Å². The van der Waals surface area contributed by atoms with Crippen LogP contribution in [-0.2, 0) is 19.4 Å². The molecule has 1 N–H and O–H groups in total. The number of hydrogen-bond acceptors (Lipinski definition) is 5. The van der Waals surface area contributed by atoms with E-state index in [0.717, 1.165) is 0 Å². The molecule has 0 aromatic heterocycles. The normalized spacial score (nSPS) is 30.1. The van der Waals surface area contributed by atoms with Gasteiger partial charge in [-0.15, -0.1) is 0 Å². The van der Waals surface area contributed by atoms with E-state index in [1.165, 1.54) is 7.11 Å². The molecule has 0 unspecified atom stereocenters. The molecule has 5 nitrogen and oxygen atoms in total. The molecule has 0 aromatic rings. The van der Waals surface area contributed by atoms with Gasteiger partial charge in [0.15, 0.2) is 9.84 Å². The smallest absolute Gasteiger partial charge is 0.305 e. The van der Waals surface area contributed by atoms with Gasteiger partial charge in [0, 0.05) is 12.3 Å². The quantitative estimate of drug-likeness (QED) is 0.641. The molecule has 1 aliphatic heterocycles. The van der Waals surface area contributed by atoms with Crippen LogP contribution in [0.5, 0.6) is 0 Å². The third-order valence-corrected chi connectivity index (χ3v) is 4.17. The number of ether oxygens (including phenoxy) is 1. The van der Waals surface area contributed by atoms with Gasteiger partial charge in [0.2, 0.25) is 0 Å². The number of carbonyl (C=O) groups is 1. The highest BCUT2D eigenvalue weighted by Gasteiger charge is 2.36. The Hall–Kier alpha value is -0.620. The SMILES string of the molecule is COC(=O)CC[C@H]1CS(=O)(=O)C[C@@H]1O. The van der Waals surface area contributed by atoms with Crippen LogP contribution in [0.1, 0.15) is 12.8 Å². The second kappa shape index (κ2) is 4.27. The molecule has 0 aromatic carbocycles. The second-order valence-corrected chi connectivity index (χ2v) is 5.67. The summed E-state index contributed by atoms with van der Waals surface area (Å²) in [5.74, 6) is -0.898. The molecule has 82 valence electrons. The first-order chi connectivity index (χ1) is 6.44. The Kier molecular flexibility index (Phi) is 3.49. The summed E-state index contributed by atoms with van der Waals surface area (Å²) in [7, 11) is -1.82. The summed E-state index contributed by atoms with van der Waals surface area (Å²) >= 11 is 0. The van der Waals surface area contributed by atoms with Crippen molar-refractivity contribution < 1.29 is 23.1 Å². The summed E-state index contributed by atoms with van der Waals surface area (Å²) in [5, 5.41) is 9.38. The average molecular weight is 222 g/mol. The number of aliphatic hydroxyl groups is 1. The maximum atomic E-state index is 11.1. The highest BCUT2D eigenvalue weighted by atomic mass is 32.2. The fourth-order valence-corrected chi connectivity index (χ4v) is 3.55. The molecule has 0 aliphatic carbocycles. The molecule has 2 atom stereocenters. The minimum Gasteiger partial charge on any atom is -0.469 e. The first-order valence-corrected chi connectivity index (χ1v) is 6.22. The van der Waals surface area contributed by atoms with Crippen molar-refractivity contribution in [1.82, 2.24) is 0 Å². The van der Waals surface area contributed by atoms with Crippen LogP contribution in [0.2, 0.25) is 0 Å². The predicted octanol–water partition coefficient (Wildman–Crippen LogP) is -0.655. The molecule has 1 heterocycles. The van der Waals surface area contributed by atoms with Gasteiger partial charge in [-0.3, -0.25) is 4.79 Å². The predicted molar refractivity (Wildman–Crippen MR) is 49.4 cm³/mol. The van der Waals surface area contributed by atoms with Crippen molar-refractivity contribution in [1.29, 1.82) is 0 Å². The van der Waals surface area contributed by atoms with Crippen molar-refractivity contribution in [3.05, 3.63) is 0 Å². The minimum atomic E-state index is -3.10. The standard InChI is InChI=1S/C8H14O5S/c1-13-8(10)3-2-6-4-14(11,12)5-7(6)9/h6-7,9H,2-5H2,1H3/t6-,7-/m0/s1. The van der Waals surface area contributed by atoms with E-state index in [4.69, 9.17) is 0 Å². The molecule has 0 radical (unpaired) electrons. The number of sulfone groups is 1. The van der Waals surface area contributed by atoms with E-state index in [1.807, 2.05) is 0 Å². The van der Waals surface area contributed by atoms with Crippen LogP contribution in [0.4, 0.5) is 0 Å². The van der Waals surface area contributed by atoms with Gasteiger partial charge in [0.1, 0.15) is 0 Å². The van der Waals surface area contributed by atoms with Gasteiger partial charge in [-0.2, -0.15) is 0 Å². The maximum Gasteiger partial charge on any atom is 0.305 e. The lowest BCUT2D eigenvalue weighted by Gasteiger charge is -2.10. The monoisotopic (exact) mass is 222 g/mol. The zero-order chi connectivity index (χ0) is 10.8. The minimum absolute atomic E-state index is 0.0227.